The van der Waals surface area contributed by atoms with Crippen LogP contribution in [-0.4, -0.2) is 78.5 Å². The highest BCUT2D eigenvalue weighted by molar-refractivity contribution is 6.44. The molecule has 0 bridgehead atoms. The Morgan fingerprint density at radius 3 is 2.47 bits per heavy atom. The van der Waals surface area contributed by atoms with E-state index in [1.165, 1.54) is 18.7 Å². The quantitative estimate of drug-likeness (QED) is 0.140. The van der Waals surface area contributed by atoms with Gasteiger partial charge in [-0.3, -0.25) is 23.9 Å². The number of carbonyl (C=O) groups is 4. The number of carboxylic acid groups (broad SMARTS) is 1. The first kappa shape index (κ1) is 30.1. The lowest BCUT2D eigenvalue weighted by atomic mass is 9.90. The Hall–Kier alpha value is -4.42. The third-order valence-electron chi connectivity index (χ3n) is 8.82. The van der Waals surface area contributed by atoms with Gasteiger partial charge in [-0.25, -0.2) is 4.79 Å². The minimum atomic E-state index is -1.63. The van der Waals surface area contributed by atoms with Gasteiger partial charge in [-0.05, 0) is 49.7 Å². The van der Waals surface area contributed by atoms with Crippen molar-refractivity contribution < 1.29 is 29.0 Å². The summed E-state index contributed by atoms with van der Waals surface area (Å²) in [5.41, 5.74) is 12.6. The van der Waals surface area contributed by atoms with Crippen LogP contribution >= 0.6 is 0 Å². The Morgan fingerprint density at radius 1 is 1.14 bits per heavy atom. The van der Waals surface area contributed by atoms with Crippen LogP contribution in [0.25, 0.3) is 10.9 Å². The zero-order valence-corrected chi connectivity index (χ0v) is 24.3. The van der Waals surface area contributed by atoms with Crippen molar-refractivity contribution in [2.24, 2.45) is 17.4 Å². The van der Waals surface area contributed by atoms with Crippen molar-refractivity contribution in [2.45, 2.75) is 37.8 Å². The molecule has 12 nitrogen and oxygen atoms in total. The molecule has 12 heteroatoms. The molecular formula is C31H38N6O6. The molecule has 5 rings (SSSR count). The van der Waals surface area contributed by atoms with Gasteiger partial charge in [0.25, 0.3) is 11.7 Å². The molecule has 1 atom stereocenters. The molecular weight excluding hydrogens is 552 g/mol. The number of methoxy groups -OCH3 is 1. The fourth-order valence-electron chi connectivity index (χ4n) is 6.90. The van der Waals surface area contributed by atoms with E-state index in [0.717, 1.165) is 19.3 Å². The molecule has 43 heavy (non-hydrogen) atoms. The number of piperidine rings is 1. The summed E-state index contributed by atoms with van der Waals surface area (Å²) in [5.74, 6) is -2.37. The van der Waals surface area contributed by atoms with Crippen LogP contribution in [0.1, 0.15) is 41.6 Å². The first-order chi connectivity index (χ1) is 20.8. The highest BCUT2D eigenvalue weighted by Crippen LogP contribution is 2.47. The Kier molecular flexibility index (Phi) is 8.69. The molecule has 0 radical (unpaired) electrons. The third kappa shape index (κ3) is 5.32. The number of nitrogens with one attached hydrogen (secondary N) is 1. The second-order valence-corrected chi connectivity index (χ2v) is 11.2. The number of Topliss-reactive ketones (excluding diaryl/α,β-unsaturated/α-hetero) is 1. The fraction of sp³-hybridized carbons (Fsp3) is 0.419. The number of hydrogen-bond donors (Lipinski definition) is 4. The summed E-state index contributed by atoms with van der Waals surface area (Å²) in [4.78, 5) is 54.8. The molecule has 2 aliphatic heterocycles. The van der Waals surface area contributed by atoms with E-state index in [0.29, 0.717) is 62.7 Å². The number of benzene rings is 2. The Morgan fingerprint density at radius 2 is 1.86 bits per heavy atom. The summed E-state index contributed by atoms with van der Waals surface area (Å²) in [6, 6.07) is 13.4. The van der Waals surface area contributed by atoms with E-state index in [1.807, 2.05) is 28.0 Å². The monoisotopic (exact) mass is 590 g/mol. The third-order valence-corrected chi connectivity index (χ3v) is 8.82. The maximum atomic E-state index is 13.6. The van der Waals surface area contributed by atoms with Gasteiger partial charge in [-0.1, -0.05) is 30.3 Å². The molecule has 2 saturated heterocycles. The van der Waals surface area contributed by atoms with Gasteiger partial charge in [0.2, 0.25) is 6.41 Å². The first-order valence-electron chi connectivity index (χ1n) is 14.5. The minimum absolute atomic E-state index is 0.0548. The van der Waals surface area contributed by atoms with Crippen molar-refractivity contribution in [3.05, 3.63) is 53.6 Å². The number of ether oxygens (including phenoxy) is 1. The van der Waals surface area contributed by atoms with Gasteiger partial charge < -0.3 is 31.5 Å². The average molecular weight is 591 g/mol. The van der Waals surface area contributed by atoms with Gasteiger partial charge in [0.1, 0.15) is 11.6 Å². The first-order valence-corrected chi connectivity index (χ1v) is 14.5. The largest absolute Gasteiger partial charge is 0.494 e. The number of nitrogens with zero attached hydrogens (tertiary/aromatic N) is 3. The van der Waals surface area contributed by atoms with Crippen LogP contribution < -0.4 is 26.4 Å². The van der Waals surface area contributed by atoms with Crippen LogP contribution in [0.4, 0.5) is 11.5 Å². The van der Waals surface area contributed by atoms with Crippen molar-refractivity contribution in [3.63, 3.8) is 0 Å². The summed E-state index contributed by atoms with van der Waals surface area (Å²) in [7, 11) is 1.44. The number of fused-ring (bicyclic) bond motifs is 1. The molecule has 0 saturated carbocycles. The average Bonchev–Trinajstić information content (AvgIpc) is 3.57. The van der Waals surface area contributed by atoms with Crippen LogP contribution in [0, 0.1) is 5.92 Å². The molecule has 3 heterocycles. The van der Waals surface area contributed by atoms with Gasteiger partial charge in [0.05, 0.1) is 23.9 Å². The number of aliphatic carboxylic acids is 1. The molecule has 2 fully saturated rings. The molecule has 6 N–H and O–H groups in total. The van der Waals surface area contributed by atoms with E-state index in [-0.39, 0.29) is 28.9 Å². The van der Waals surface area contributed by atoms with E-state index in [2.05, 4.69) is 17.4 Å². The molecule has 228 valence electrons. The van der Waals surface area contributed by atoms with Gasteiger partial charge >= 0.3 is 5.97 Å². The molecule has 2 aromatic carbocycles. The maximum Gasteiger partial charge on any atom is 0.377 e. The Balaban J connectivity index is 1.74. The number of amides is 2. The normalized spacial score (nSPS) is 19.4. The summed E-state index contributed by atoms with van der Waals surface area (Å²) < 4.78 is 7.31. The van der Waals surface area contributed by atoms with Crippen molar-refractivity contribution in [1.29, 1.82) is 0 Å². The smallest absolute Gasteiger partial charge is 0.377 e. The molecule has 2 amide bonds. The molecule has 1 unspecified atom stereocenters. The minimum Gasteiger partial charge on any atom is -0.494 e. The molecule has 0 aliphatic carbocycles. The van der Waals surface area contributed by atoms with Crippen LogP contribution in [0.2, 0.25) is 0 Å². The number of primary amides is 1. The van der Waals surface area contributed by atoms with Crippen molar-refractivity contribution in [1.82, 2.24) is 9.47 Å². The number of rotatable bonds is 12. The summed E-state index contributed by atoms with van der Waals surface area (Å²) >= 11 is 0. The second-order valence-electron chi connectivity index (χ2n) is 11.2. The number of hydrogen-bond acceptors (Lipinski definition) is 8. The predicted octanol–water partition coefficient (Wildman–Crippen LogP) is 2.14. The van der Waals surface area contributed by atoms with E-state index in [9.17, 15) is 24.3 Å². The molecule has 2 aliphatic rings. The lowest BCUT2D eigenvalue weighted by Crippen LogP contribution is -2.57. The van der Waals surface area contributed by atoms with Crippen LogP contribution in [0.5, 0.6) is 5.75 Å². The molecule has 0 spiro atoms. The Labute approximate surface area is 249 Å². The van der Waals surface area contributed by atoms with E-state index in [4.69, 9.17) is 16.2 Å². The molecule has 1 aromatic heterocycles. The van der Waals surface area contributed by atoms with Crippen molar-refractivity contribution in [2.75, 3.05) is 50.1 Å². The van der Waals surface area contributed by atoms with Crippen LogP contribution in [-0.2, 0) is 26.5 Å². The standard InChI is InChI=1S/C31H38N6O6/c1-43-25-18-24-22(17-23(25)34-19-38)26(27(39)29(40)41)28(37(24)31(30(33)42)10-5-12-36(31)15-11-32)35-13-8-21(9-14-35)16-20-6-3-2-4-7-20/h2-4,6-7,17-19,21H,5,8-16,32H2,1H3,(H2,33,42)(H,34,38)(H,40,41). The SMILES string of the molecule is COc1cc2c(cc1NC=O)c(C(=O)C(=O)O)c(N1CCC(Cc3ccccc3)CC1)n2C1(C(N)=O)CCCN1CCN. The number of anilines is 2. The highest BCUT2D eigenvalue weighted by atomic mass is 16.5. The molecule has 3 aromatic rings. The maximum absolute atomic E-state index is 13.6. The lowest BCUT2D eigenvalue weighted by Gasteiger charge is -2.42. The summed E-state index contributed by atoms with van der Waals surface area (Å²) in [6.45, 7) is 2.26. The lowest BCUT2D eigenvalue weighted by molar-refractivity contribution is -0.134. The second kappa shape index (κ2) is 12.4. The van der Waals surface area contributed by atoms with Crippen LogP contribution in [0.3, 0.4) is 0 Å². The van der Waals surface area contributed by atoms with E-state index in [1.54, 1.807) is 10.6 Å². The van der Waals surface area contributed by atoms with Crippen molar-refractivity contribution in [3.8, 4) is 5.75 Å². The Bertz CT molecular complexity index is 1530. The number of carboxylic acids is 1. The summed E-state index contributed by atoms with van der Waals surface area (Å²) in [6.07, 6.45) is 3.98. The van der Waals surface area contributed by atoms with Gasteiger partial charge in [-0.2, -0.15) is 0 Å². The number of aromatic nitrogens is 1. The topological polar surface area (TPSA) is 173 Å². The number of carbonyl (C=O) groups excluding carboxylic acids is 3. The predicted molar refractivity (Wildman–Crippen MR) is 162 cm³/mol. The fourth-order valence-corrected chi connectivity index (χ4v) is 6.90. The zero-order valence-electron chi connectivity index (χ0n) is 24.3. The number of ketones is 1. The summed E-state index contributed by atoms with van der Waals surface area (Å²) in [5, 5.41) is 12.8. The van der Waals surface area contributed by atoms with Gasteiger partial charge in [-0.15, -0.1) is 0 Å². The van der Waals surface area contributed by atoms with Gasteiger partial charge in [0.15, 0.2) is 5.66 Å². The van der Waals surface area contributed by atoms with Crippen LogP contribution in [0.15, 0.2) is 42.5 Å². The number of likely N-dealkylation sites (tertiary alicyclic amines) is 1. The van der Waals surface area contributed by atoms with Crippen molar-refractivity contribution >= 4 is 46.5 Å². The number of nitrogens with two attached hydrogens (primary N) is 2. The van der Waals surface area contributed by atoms with E-state index >= 15 is 0 Å². The highest BCUT2D eigenvalue weighted by Gasteiger charge is 2.51. The van der Waals surface area contributed by atoms with E-state index < -0.39 is 23.3 Å². The van der Waals surface area contributed by atoms with Gasteiger partial charge in [0, 0.05) is 44.2 Å². The zero-order chi connectivity index (χ0) is 30.7.